The van der Waals surface area contributed by atoms with Gasteiger partial charge < -0.3 is 10.1 Å². The van der Waals surface area contributed by atoms with Gasteiger partial charge in [0.05, 0.1) is 25.5 Å². The molecule has 0 unspecified atom stereocenters. The minimum atomic E-state index is 0.670. The van der Waals surface area contributed by atoms with Gasteiger partial charge in [-0.3, -0.25) is 0 Å². The van der Waals surface area contributed by atoms with Crippen LogP contribution in [0.15, 0.2) is 30.5 Å². The molecular weight excluding hydrogens is 228 g/mol. The molecule has 0 aliphatic heterocycles. The highest BCUT2D eigenvalue weighted by atomic mass is 16.5. The van der Waals surface area contributed by atoms with E-state index in [1.165, 1.54) is 0 Å². The molecule has 1 heterocycles. The van der Waals surface area contributed by atoms with Crippen molar-refractivity contribution in [3.8, 4) is 5.75 Å². The number of nitrogens with zero attached hydrogens (tertiary/aromatic N) is 3. The number of nitrogens with one attached hydrogen (secondary N) is 1. The van der Waals surface area contributed by atoms with Gasteiger partial charge in [0.1, 0.15) is 5.75 Å². The smallest absolute Gasteiger partial charge is 0.123 e. The molecule has 2 rings (SSSR count). The van der Waals surface area contributed by atoms with Gasteiger partial charge >= 0.3 is 0 Å². The summed E-state index contributed by atoms with van der Waals surface area (Å²) in [6.07, 6.45) is 1.95. The van der Waals surface area contributed by atoms with E-state index in [9.17, 15) is 0 Å². The molecule has 1 N–H and O–H groups in total. The zero-order chi connectivity index (χ0) is 12.8. The van der Waals surface area contributed by atoms with E-state index in [4.69, 9.17) is 4.74 Å². The maximum absolute atomic E-state index is 5.32. The van der Waals surface area contributed by atoms with E-state index in [0.29, 0.717) is 6.54 Å². The molecule has 0 atom stereocenters. The van der Waals surface area contributed by atoms with Gasteiger partial charge in [0.25, 0.3) is 0 Å². The van der Waals surface area contributed by atoms with Gasteiger partial charge in [-0.2, -0.15) is 0 Å². The molecule has 0 aliphatic carbocycles. The van der Waals surface area contributed by atoms with Gasteiger partial charge in [0.15, 0.2) is 0 Å². The Morgan fingerprint density at radius 1 is 1.33 bits per heavy atom. The third kappa shape index (κ3) is 3.07. The van der Waals surface area contributed by atoms with E-state index in [1.807, 2.05) is 35.1 Å². The fourth-order valence-electron chi connectivity index (χ4n) is 1.76. The predicted octanol–water partition coefficient (Wildman–Crippen LogP) is 1.44. The molecule has 96 valence electrons. The van der Waals surface area contributed by atoms with Crippen LogP contribution in [0.2, 0.25) is 0 Å². The van der Waals surface area contributed by atoms with Crippen molar-refractivity contribution in [1.29, 1.82) is 0 Å². The first-order valence-corrected chi connectivity index (χ1v) is 6.05. The van der Waals surface area contributed by atoms with Crippen molar-refractivity contribution in [3.05, 3.63) is 41.7 Å². The highest BCUT2D eigenvalue weighted by Crippen LogP contribution is 2.17. The topological polar surface area (TPSA) is 52.0 Å². The molecule has 0 amide bonds. The standard InChI is InChI=1S/C13H18N4O/c1-3-14-8-12-10-17(16-15-12)9-11-6-4-5-7-13(11)18-2/h4-7,10,14H,3,8-9H2,1-2H3. The minimum absolute atomic E-state index is 0.670. The zero-order valence-electron chi connectivity index (χ0n) is 10.8. The summed E-state index contributed by atoms with van der Waals surface area (Å²) in [6.45, 7) is 4.42. The van der Waals surface area contributed by atoms with Crippen molar-refractivity contribution in [1.82, 2.24) is 20.3 Å². The lowest BCUT2D eigenvalue weighted by molar-refractivity contribution is 0.407. The Morgan fingerprint density at radius 2 is 2.17 bits per heavy atom. The van der Waals surface area contributed by atoms with Crippen LogP contribution in [0.4, 0.5) is 0 Å². The monoisotopic (exact) mass is 246 g/mol. The van der Waals surface area contributed by atoms with Crippen molar-refractivity contribution >= 4 is 0 Å². The number of hydrogen-bond donors (Lipinski definition) is 1. The van der Waals surface area contributed by atoms with Crippen LogP contribution in [-0.2, 0) is 13.1 Å². The maximum Gasteiger partial charge on any atom is 0.123 e. The second-order valence-corrected chi connectivity index (χ2v) is 4.00. The number of aromatic nitrogens is 3. The van der Waals surface area contributed by atoms with Gasteiger partial charge in [-0.25, -0.2) is 4.68 Å². The Bertz CT molecular complexity index is 495. The Hall–Kier alpha value is -1.88. The second-order valence-electron chi connectivity index (χ2n) is 4.00. The van der Waals surface area contributed by atoms with Crippen LogP contribution in [-0.4, -0.2) is 28.6 Å². The SMILES string of the molecule is CCNCc1cn(Cc2ccccc2OC)nn1. The largest absolute Gasteiger partial charge is 0.496 e. The molecule has 5 nitrogen and oxygen atoms in total. The molecule has 1 aromatic heterocycles. The molecule has 0 saturated heterocycles. The van der Waals surface area contributed by atoms with Crippen LogP contribution < -0.4 is 10.1 Å². The van der Waals surface area contributed by atoms with E-state index >= 15 is 0 Å². The molecule has 0 aliphatic rings. The number of methoxy groups -OCH3 is 1. The zero-order valence-corrected chi connectivity index (χ0v) is 10.8. The number of ether oxygens (including phenoxy) is 1. The fraction of sp³-hybridized carbons (Fsp3) is 0.385. The van der Waals surface area contributed by atoms with Gasteiger partial charge in [-0.05, 0) is 12.6 Å². The molecule has 0 fully saturated rings. The Balaban J connectivity index is 2.06. The lowest BCUT2D eigenvalue weighted by atomic mass is 10.2. The molecule has 0 saturated carbocycles. The van der Waals surface area contributed by atoms with Crippen LogP contribution in [0.1, 0.15) is 18.2 Å². The average molecular weight is 246 g/mol. The van der Waals surface area contributed by atoms with Crippen LogP contribution >= 0.6 is 0 Å². The van der Waals surface area contributed by atoms with Crippen molar-refractivity contribution < 1.29 is 4.74 Å². The van der Waals surface area contributed by atoms with E-state index < -0.39 is 0 Å². The van der Waals surface area contributed by atoms with E-state index in [2.05, 4.69) is 22.6 Å². The summed E-state index contributed by atoms with van der Waals surface area (Å²) in [7, 11) is 1.68. The molecule has 1 aromatic carbocycles. The number of para-hydroxylation sites is 1. The average Bonchev–Trinajstić information content (AvgIpc) is 2.84. The number of rotatable bonds is 6. The number of hydrogen-bond acceptors (Lipinski definition) is 4. The van der Waals surface area contributed by atoms with E-state index in [1.54, 1.807) is 7.11 Å². The van der Waals surface area contributed by atoms with Crippen molar-refractivity contribution in [2.45, 2.75) is 20.0 Å². The predicted molar refractivity (Wildman–Crippen MR) is 69.5 cm³/mol. The molecular formula is C13H18N4O. The van der Waals surface area contributed by atoms with Crippen LogP contribution in [0, 0.1) is 0 Å². The molecule has 18 heavy (non-hydrogen) atoms. The first kappa shape index (κ1) is 12.6. The Labute approximate surface area is 107 Å². The van der Waals surface area contributed by atoms with Gasteiger partial charge in [0, 0.05) is 12.1 Å². The number of benzene rings is 1. The molecule has 0 bridgehead atoms. The molecule has 2 aromatic rings. The van der Waals surface area contributed by atoms with Crippen molar-refractivity contribution in [2.75, 3.05) is 13.7 Å². The molecule has 5 heteroatoms. The summed E-state index contributed by atoms with van der Waals surface area (Å²) < 4.78 is 7.14. The minimum Gasteiger partial charge on any atom is -0.496 e. The van der Waals surface area contributed by atoms with Crippen LogP contribution in [0.25, 0.3) is 0 Å². The maximum atomic E-state index is 5.32. The highest BCUT2D eigenvalue weighted by molar-refractivity contribution is 5.33. The summed E-state index contributed by atoms with van der Waals surface area (Å²) in [5, 5.41) is 11.4. The Morgan fingerprint density at radius 3 is 2.94 bits per heavy atom. The molecule has 0 radical (unpaired) electrons. The first-order chi connectivity index (χ1) is 8.83. The third-order valence-electron chi connectivity index (χ3n) is 2.67. The first-order valence-electron chi connectivity index (χ1n) is 6.05. The lowest BCUT2D eigenvalue weighted by Gasteiger charge is -2.07. The Kier molecular flexibility index (Phi) is 4.30. The fourth-order valence-corrected chi connectivity index (χ4v) is 1.76. The highest BCUT2D eigenvalue weighted by Gasteiger charge is 2.05. The van der Waals surface area contributed by atoms with Gasteiger partial charge in [-0.1, -0.05) is 30.3 Å². The summed E-state index contributed by atoms with van der Waals surface area (Å²) in [5.74, 6) is 0.876. The lowest BCUT2D eigenvalue weighted by Crippen LogP contribution is -2.11. The van der Waals surface area contributed by atoms with E-state index in [0.717, 1.165) is 30.1 Å². The molecule has 0 spiro atoms. The summed E-state index contributed by atoms with van der Waals surface area (Å²) in [5.41, 5.74) is 2.05. The third-order valence-corrected chi connectivity index (χ3v) is 2.67. The quantitative estimate of drug-likeness (QED) is 0.838. The van der Waals surface area contributed by atoms with Crippen LogP contribution in [0.5, 0.6) is 5.75 Å². The van der Waals surface area contributed by atoms with Gasteiger partial charge in [-0.15, -0.1) is 5.10 Å². The summed E-state index contributed by atoms with van der Waals surface area (Å²) in [6, 6.07) is 7.94. The summed E-state index contributed by atoms with van der Waals surface area (Å²) in [4.78, 5) is 0. The van der Waals surface area contributed by atoms with Crippen LogP contribution in [0.3, 0.4) is 0 Å². The normalized spacial score (nSPS) is 10.6. The van der Waals surface area contributed by atoms with Gasteiger partial charge in [0.2, 0.25) is 0 Å². The summed E-state index contributed by atoms with van der Waals surface area (Å²) >= 11 is 0. The second kappa shape index (κ2) is 6.16. The van der Waals surface area contributed by atoms with E-state index in [-0.39, 0.29) is 0 Å². The van der Waals surface area contributed by atoms with Crippen molar-refractivity contribution in [3.63, 3.8) is 0 Å². The van der Waals surface area contributed by atoms with Crippen molar-refractivity contribution in [2.24, 2.45) is 0 Å².